The molecule has 2 aliphatic heterocycles. The Balaban J connectivity index is 1.16. The highest BCUT2D eigenvalue weighted by Crippen LogP contribution is 2.40. The number of halogens is 1. The Morgan fingerprint density at radius 1 is 1.12 bits per heavy atom. The molecular formula is C24H28ClN7O2. The number of aryl methyl sites for hydroxylation is 1. The molecule has 3 aromatic rings. The van der Waals surface area contributed by atoms with E-state index >= 15 is 0 Å². The van der Waals surface area contributed by atoms with Crippen molar-refractivity contribution in [2.45, 2.75) is 44.4 Å². The quantitative estimate of drug-likeness (QED) is 0.565. The van der Waals surface area contributed by atoms with Crippen LogP contribution in [0.2, 0.25) is 5.02 Å². The minimum atomic E-state index is -0.149. The Bertz CT molecular complexity index is 1160. The number of fused-ring (bicyclic) bond motifs is 3. The number of hydrogen-bond acceptors (Lipinski definition) is 8. The van der Waals surface area contributed by atoms with E-state index in [1.165, 1.54) is 12.8 Å². The van der Waals surface area contributed by atoms with E-state index in [1.54, 1.807) is 7.11 Å². The van der Waals surface area contributed by atoms with Crippen molar-refractivity contribution in [1.29, 1.82) is 0 Å². The summed E-state index contributed by atoms with van der Waals surface area (Å²) < 4.78 is 13.5. The maximum atomic E-state index is 6.32. The molecule has 2 bridgehead atoms. The van der Waals surface area contributed by atoms with Gasteiger partial charge in [-0.25, -0.2) is 4.68 Å². The second-order valence-electron chi connectivity index (χ2n) is 9.32. The molecule has 10 heteroatoms. The summed E-state index contributed by atoms with van der Waals surface area (Å²) in [4.78, 5) is 7.27. The van der Waals surface area contributed by atoms with Crippen LogP contribution in [0.4, 0.5) is 11.6 Å². The van der Waals surface area contributed by atoms with E-state index < -0.39 is 0 Å². The molecular weight excluding hydrogens is 454 g/mol. The smallest absolute Gasteiger partial charge is 0.242 e. The number of anilines is 2. The van der Waals surface area contributed by atoms with E-state index in [0.29, 0.717) is 40.5 Å². The molecule has 4 atom stereocenters. The Hall–Kier alpha value is -3.07. The van der Waals surface area contributed by atoms with Crippen molar-refractivity contribution >= 4 is 23.2 Å². The maximum absolute atomic E-state index is 6.32. The number of methoxy groups -OCH3 is 1. The van der Waals surface area contributed by atoms with Gasteiger partial charge in [-0.3, -0.25) is 0 Å². The Morgan fingerprint density at radius 3 is 2.74 bits per heavy atom. The van der Waals surface area contributed by atoms with Crippen molar-refractivity contribution in [2.24, 2.45) is 11.8 Å². The van der Waals surface area contributed by atoms with Crippen LogP contribution in [0.5, 0.6) is 11.6 Å². The van der Waals surface area contributed by atoms with Crippen LogP contribution in [0.25, 0.3) is 0 Å². The number of nitrogens with one attached hydrogen (secondary N) is 1. The number of piperidine rings is 1. The number of nitrogens with zero attached hydrogens (tertiary/aromatic N) is 6. The van der Waals surface area contributed by atoms with Crippen molar-refractivity contribution in [3.63, 3.8) is 0 Å². The summed E-state index contributed by atoms with van der Waals surface area (Å²) in [5, 5.41) is 17.2. The average Bonchev–Trinajstić information content (AvgIpc) is 3.37. The number of aromatic nitrogens is 5. The molecule has 1 aliphatic carbocycles. The van der Waals surface area contributed by atoms with Gasteiger partial charge in [-0.1, -0.05) is 23.7 Å². The molecule has 178 valence electrons. The Morgan fingerprint density at radius 2 is 1.94 bits per heavy atom. The molecule has 1 saturated heterocycles. The first-order valence-electron chi connectivity index (χ1n) is 11.9. The van der Waals surface area contributed by atoms with Gasteiger partial charge in [0.2, 0.25) is 11.8 Å². The lowest BCUT2D eigenvalue weighted by molar-refractivity contribution is 0.155. The molecule has 2 aromatic heterocycles. The van der Waals surface area contributed by atoms with Crippen molar-refractivity contribution in [2.75, 3.05) is 30.4 Å². The second kappa shape index (κ2) is 8.94. The molecule has 1 aromatic carbocycles. The number of benzene rings is 1. The molecule has 34 heavy (non-hydrogen) atoms. The number of ether oxygens (including phenoxy) is 2. The second-order valence-corrected chi connectivity index (χ2v) is 9.73. The number of para-hydroxylation sites is 1. The van der Waals surface area contributed by atoms with Gasteiger partial charge in [0.05, 0.1) is 24.0 Å². The molecule has 0 spiro atoms. The van der Waals surface area contributed by atoms with E-state index in [0.717, 1.165) is 44.0 Å². The zero-order valence-electron chi connectivity index (χ0n) is 19.1. The van der Waals surface area contributed by atoms with E-state index in [1.807, 2.05) is 41.2 Å². The minimum absolute atomic E-state index is 0.149. The summed E-state index contributed by atoms with van der Waals surface area (Å²) in [6.45, 7) is 2.79. The summed E-state index contributed by atoms with van der Waals surface area (Å²) >= 11 is 6.32. The highest BCUT2D eigenvalue weighted by molar-refractivity contribution is 6.32. The van der Waals surface area contributed by atoms with Crippen LogP contribution in [0, 0.1) is 11.8 Å². The highest BCUT2D eigenvalue weighted by Gasteiger charge is 2.43. The monoisotopic (exact) mass is 481 g/mol. The van der Waals surface area contributed by atoms with Crippen LogP contribution in [0.15, 0.2) is 36.5 Å². The third kappa shape index (κ3) is 4.02. The molecule has 2 fully saturated rings. The van der Waals surface area contributed by atoms with Crippen LogP contribution in [-0.4, -0.2) is 51.2 Å². The van der Waals surface area contributed by atoms with Gasteiger partial charge in [-0.05, 0) is 49.7 Å². The minimum Gasteiger partial charge on any atom is -0.481 e. The van der Waals surface area contributed by atoms with Gasteiger partial charge in [0.25, 0.3) is 0 Å². The van der Waals surface area contributed by atoms with Gasteiger partial charge in [0.15, 0.2) is 11.9 Å². The fraction of sp³-hybridized carbons (Fsp3) is 0.500. The molecule has 4 heterocycles. The van der Waals surface area contributed by atoms with E-state index in [9.17, 15) is 0 Å². The van der Waals surface area contributed by atoms with Gasteiger partial charge >= 0.3 is 0 Å². The van der Waals surface area contributed by atoms with Crippen molar-refractivity contribution in [3.05, 3.63) is 47.4 Å². The third-order valence-corrected chi connectivity index (χ3v) is 7.56. The van der Waals surface area contributed by atoms with Crippen LogP contribution in [0.3, 0.4) is 0 Å². The first-order chi connectivity index (χ1) is 16.7. The lowest BCUT2D eigenvalue weighted by atomic mass is 9.92. The van der Waals surface area contributed by atoms with E-state index in [-0.39, 0.29) is 6.10 Å². The summed E-state index contributed by atoms with van der Waals surface area (Å²) in [6, 6.07) is 9.91. The Kier molecular flexibility index (Phi) is 5.64. The standard InChI is InChI=1S/C24H28ClN7O2/c1-33-21-11-17(12-26-29-21)31-13-15-8-9-16(14-31)22(15)27-24-28-23-20(7-4-10-32(23)30-24)34-19-6-3-2-5-18(19)25/h2-3,5-6,11-12,15-16,20,22H,4,7-10,13-14H2,1H3,(H,27,30)/t15-,16+,20-,22?/m0/s1. The Labute approximate surface area is 203 Å². The molecule has 0 amide bonds. The topological polar surface area (TPSA) is 90.2 Å². The molecule has 6 rings (SSSR count). The van der Waals surface area contributed by atoms with Gasteiger partial charge < -0.3 is 19.7 Å². The molecule has 9 nitrogen and oxygen atoms in total. The predicted molar refractivity (Wildman–Crippen MR) is 128 cm³/mol. The SMILES string of the molecule is COc1cc(N2C[C@H]3CC[C@@H](C2)C3Nc2nc3n(n2)CCC[C@@H]3Oc2ccccc2Cl)cnn1. The summed E-state index contributed by atoms with van der Waals surface area (Å²) in [7, 11) is 1.62. The zero-order valence-corrected chi connectivity index (χ0v) is 19.9. The van der Waals surface area contributed by atoms with E-state index in [4.69, 9.17) is 31.2 Å². The van der Waals surface area contributed by atoms with Gasteiger partial charge in [0, 0.05) is 31.7 Å². The number of rotatable bonds is 6. The fourth-order valence-electron chi connectivity index (χ4n) is 5.61. The van der Waals surface area contributed by atoms with Crippen molar-refractivity contribution in [3.8, 4) is 11.6 Å². The first-order valence-corrected chi connectivity index (χ1v) is 12.3. The summed E-state index contributed by atoms with van der Waals surface area (Å²) in [6.07, 6.45) is 5.96. The largest absolute Gasteiger partial charge is 0.481 e. The molecule has 1 N–H and O–H groups in total. The maximum Gasteiger partial charge on any atom is 0.242 e. The summed E-state index contributed by atoms with van der Waals surface area (Å²) in [5.41, 5.74) is 1.07. The van der Waals surface area contributed by atoms with Gasteiger partial charge in [-0.2, -0.15) is 10.1 Å². The van der Waals surface area contributed by atoms with E-state index in [2.05, 4.69) is 20.4 Å². The van der Waals surface area contributed by atoms with Crippen LogP contribution < -0.4 is 19.7 Å². The summed E-state index contributed by atoms with van der Waals surface area (Å²) in [5.74, 6) is 3.85. The zero-order chi connectivity index (χ0) is 23.1. The van der Waals surface area contributed by atoms with Crippen molar-refractivity contribution < 1.29 is 9.47 Å². The van der Waals surface area contributed by atoms with Gasteiger partial charge in [0.1, 0.15) is 5.75 Å². The molecule has 0 radical (unpaired) electrons. The normalized spacial score (nSPS) is 25.6. The van der Waals surface area contributed by atoms with Crippen molar-refractivity contribution in [1.82, 2.24) is 25.0 Å². The predicted octanol–water partition coefficient (Wildman–Crippen LogP) is 3.97. The number of hydrogen-bond donors (Lipinski definition) is 1. The lowest BCUT2D eigenvalue weighted by Crippen LogP contribution is -2.48. The average molecular weight is 482 g/mol. The fourth-order valence-corrected chi connectivity index (χ4v) is 5.79. The lowest BCUT2D eigenvalue weighted by Gasteiger charge is -2.39. The first kappa shape index (κ1) is 21.5. The van der Waals surface area contributed by atoms with Crippen LogP contribution in [0.1, 0.15) is 37.6 Å². The van der Waals surface area contributed by atoms with Crippen LogP contribution >= 0.6 is 11.6 Å². The molecule has 1 saturated carbocycles. The third-order valence-electron chi connectivity index (χ3n) is 7.25. The van der Waals surface area contributed by atoms with Gasteiger partial charge in [-0.15, -0.1) is 10.2 Å². The molecule has 3 aliphatic rings. The van der Waals surface area contributed by atoms with Crippen LogP contribution in [-0.2, 0) is 6.54 Å². The highest BCUT2D eigenvalue weighted by atomic mass is 35.5. The molecule has 1 unspecified atom stereocenters.